The summed E-state index contributed by atoms with van der Waals surface area (Å²) in [6, 6.07) is 1.06. The number of ether oxygens (including phenoxy) is 1. The minimum atomic E-state index is 0.136. The van der Waals surface area contributed by atoms with E-state index < -0.39 is 0 Å². The molecule has 3 aliphatic rings. The minimum Gasteiger partial charge on any atom is -0.374 e. The van der Waals surface area contributed by atoms with Crippen molar-refractivity contribution in [3.63, 3.8) is 0 Å². The second-order valence-electron chi connectivity index (χ2n) is 6.78. The maximum absolute atomic E-state index is 11.9. The third-order valence-electron chi connectivity index (χ3n) is 5.09. The van der Waals surface area contributed by atoms with E-state index in [1.165, 1.54) is 38.6 Å². The molecule has 0 aromatic heterocycles. The topological polar surface area (TPSA) is 53.6 Å². The first kappa shape index (κ1) is 15.3. The van der Waals surface area contributed by atoms with Crippen molar-refractivity contribution in [2.24, 2.45) is 0 Å². The van der Waals surface area contributed by atoms with Crippen LogP contribution < -0.4 is 10.6 Å². The molecule has 1 amide bonds. The van der Waals surface area contributed by atoms with Crippen molar-refractivity contribution in [3.8, 4) is 0 Å². The third-order valence-corrected chi connectivity index (χ3v) is 5.09. The number of hydrogen-bond acceptors (Lipinski definition) is 4. The van der Waals surface area contributed by atoms with Gasteiger partial charge in [0.05, 0.1) is 19.3 Å². The minimum absolute atomic E-state index is 0.136. The van der Waals surface area contributed by atoms with Crippen LogP contribution in [0.1, 0.15) is 44.9 Å². The van der Waals surface area contributed by atoms with E-state index in [0.29, 0.717) is 18.6 Å². The van der Waals surface area contributed by atoms with Crippen LogP contribution in [-0.4, -0.2) is 61.8 Å². The quantitative estimate of drug-likeness (QED) is 0.791. The molecule has 2 N–H and O–H groups in total. The van der Waals surface area contributed by atoms with E-state index in [9.17, 15) is 4.79 Å². The molecule has 0 aromatic carbocycles. The molecule has 2 saturated heterocycles. The zero-order valence-corrected chi connectivity index (χ0v) is 13.0. The van der Waals surface area contributed by atoms with Crippen molar-refractivity contribution in [2.75, 3.05) is 32.8 Å². The maximum atomic E-state index is 11.9. The van der Waals surface area contributed by atoms with Gasteiger partial charge in [-0.25, -0.2) is 0 Å². The zero-order chi connectivity index (χ0) is 14.5. The Hall–Kier alpha value is -0.650. The highest BCUT2D eigenvalue weighted by molar-refractivity contribution is 5.78. The zero-order valence-electron chi connectivity index (χ0n) is 13.0. The molecular formula is C16H29N3O2. The van der Waals surface area contributed by atoms with Crippen molar-refractivity contribution >= 4 is 5.91 Å². The monoisotopic (exact) mass is 295 g/mol. The van der Waals surface area contributed by atoms with Crippen LogP contribution in [0.5, 0.6) is 0 Å². The van der Waals surface area contributed by atoms with Gasteiger partial charge >= 0.3 is 0 Å². The second-order valence-corrected chi connectivity index (χ2v) is 6.78. The first-order valence-electron chi connectivity index (χ1n) is 8.67. The van der Waals surface area contributed by atoms with Gasteiger partial charge in [0.1, 0.15) is 0 Å². The second kappa shape index (κ2) is 7.56. The summed E-state index contributed by atoms with van der Waals surface area (Å²) in [5.41, 5.74) is 0. The van der Waals surface area contributed by atoms with Gasteiger partial charge in [0.2, 0.25) is 5.91 Å². The Morgan fingerprint density at radius 3 is 2.86 bits per heavy atom. The number of carbonyl (C=O) groups excluding carboxylic acids is 1. The van der Waals surface area contributed by atoms with E-state index in [1.54, 1.807) is 0 Å². The summed E-state index contributed by atoms with van der Waals surface area (Å²) in [6.07, 6.45) is 8.95. The largest absolute Gasteiger partial charge is 0.374 e. The Labute approximate surface area is 127 Å². The number of hydrogen-bond donors (Lipinski definition) is 2. The normalized spacial score (nSPS) is 31.0. The lowest BCUT2D eigenvalue weighted by molar-refractivity contribution is -0.121. The van der Waals surface area contributed by atoms with Gasteiger partial charge in [-0.2, -0.15) is 0 Å². The molecule has 0 bridgehead atoms. The summed E-state index contributed by atoms with van der Waals surface area (Å²) in [4.78, 5) is 14.5. The van der Waals surface area contributed by atoms with Crippen LogP contribution in [0, 0.1) is 0 Å². The molecule has 2 atom stereocenters. The van der Waals surface area contributed by atoms with Crippen molar-refractivity contribution in [1.82, 2.24) is 15.5 Å². The van der Waals surface area contributed by atoms with E-state index in [4.69, 9.17) is 4.74 Å². The van der Waals surface area contributed by atoms with Crippen molar-refractivity contribution in [3.05, 3.63) is 0 Å². The number of amides is 1. The molecule has 2 heterocycles. The molecule has 5 nitrogen and oxygen atoms in total. The fourth-order valence-electron chi connectivity index (χ4n) is 3.88. The fraction of sp³-hybridized carbons (Fsp3) is 0.938. The molecule has 0 aromatic rings. The van der Waals surface area contributed by atoms with Crippen LogP contribution in [0.15, 0.2) is 0 Å². The highest BCUT2D eigenvalue weighted by atomic mass is 16.5. The Morgan fingerprint density at radius 2 is 2.00 bits per heavy atom. The molecule has 120 valence electrons. The maximum Gasteiger partial charge on any atom is 0.234 e. The standard InChI is InChI=1S/C16H29N3O2/c20-16(18-13-5-2-1-3-6-13)10-17-9-15-11-19-8-4-7-14(19)12-21-15/h13-15,17H,1-12H2,(H,18,20). The summed E-state index contributed by atoms with van der Waals surface area (Å²) in [5.74, 6) is 0.136. The van der Waals surface area contributed by atoms with Crippen LogP contribution in [0.25, 0.3) is 0 Å². The molecule has 2 unspecified atom stereocenters. The first-order chi connectivity index (χ1) is 10.3. The van der Waals surface area contributed by atoms with Crippen LogP contribution in [0.3, 0.4) is 0 Å². The molecule has 3 rings (SSSR count). The van der Waals surface area contributed by atoms with Gasteiger partial charge in [0.15, 0.2) is 0 Å². The third kappa shape index (κ3) is 4.41. The van der Waals surface area contributed by atoms with Gasteiger partial charge < -0.3 is 15.4 Å². The average molecular weight is 295 g/mol. The first-order valence-corrected chi connectivity index (χ1v) is 8.67. The van der Waals surface area contributed by atoms with Gasteiger partial charge in [-0.3, -0.25) is 9.69 Å². The number of fused-ring (bicyclic) bond motifs is 1. The number of carbonyl (C=O) groups is 1. The van der Waals surface area contributed by atoms with Gasteiger partial charge in [-0.1, -0.05) is 19.3 Å². The molecule has 3 fully saturated rings. The van der Waals surface area contributed by atoms with E-state index in [-0.39, 0.29) is 12.0 Å². The summed E-state index contributed by atoms with van der Waals surface area (Å²) < 4.78 is 5.89. The highest BCUT2D eigenvalue weighted by Crippen LogP contribution is 2.22. The molecule has 5 heteroatoms. The molecule has 21 heavy (non-hydrogen) atoms. The number of nitrogens with zero attached hydrogens (tertiary/aromatic N) is 1. The number of morpholine rings is 1. The SMILES string of the molecule is O=C(CNCC1CN2CCCC2CO1)NC1CCCCC1. The van der Waals surface area contributed by atoms with Gasteiger partial charge in [0, 0.05) is 25.2 Å². The Bertz CT molecular complexity index is 344. The smallest absolute Gasteiger partial charge is 0.234 e. The average Bonchev–Trinajstić information content (AvgIpc) is 2.96. The molecular weight excluding hydrogens is 266 g/mol. The molecule has 1 saturated carbocycles. The van der Waals surface area contributed by atoms with E-state index >= 15 is 0 Å². The van der Waals surface area contributed by atoms with Crippen LogP contribution >= 0.6 is 0 Å². The molecule has 2 aliphatic heterocycles. The van der Waals surface area contributed by atoms with Gasteiger partial charge in [-0.15, -0.1) is 0 Å². The predicted molar refractivity (Wildman–Crippen MR) is 82.2 cm³/mol. The summed E-state index contributed by atoms with van der Waals surface area (Å²) in [7, 11) is 0. The van der Waals surface area contributed by atoms with E-state index in [2.05, 4.69) is 15.5 Å². The van der Waals surface area contributed by atoms with Crippen molar-refractivity contribution in [2.45, 2.75) is 63.1 Å². The molecule has 0 radical (unpaired) electrons. The van der Waals surface area contributed by atoms with E-state index in [0.717, 1.165) is 32.5 Å². The predicted octanol–water partition coefficient (Wildman–Crippen LogP) is 0.888. The van der Waals surface area contributed by atoms with Crippen molar-refractivity contribution in [1.29, 1.82) is 0 Å². The lowest BCUT2D eigenvalue weighted by Crippen LogP contribution is -2.50. The Morgan fingerprint density at radius 1 is 1.14 bits per heavy atom. The number of rotatable bonds is 5. The van der Waals surface area contributed by atoms with E-state index in [1.807, 2.05) is 0 Å². The van der Waals surface area contributed by atoms with Crippen LogP contribution in [-0.2, 0) is 9.53 Å². The lowest BCUT2D eigenvalue weighted by Gasteiger charge is -2.35. The molecule has 1 aliphatic carbocycles. The van der Waals surface area contributed by atoms with Crippen LogP contribution in [0.2, 0.25) is 0 Å². The van der Waals surface area contributed by atoms with Crippen LogP contribution in [0.4, 0.5) is 0 Å². The van der Waals surface area contributed by atoms with Gasteiger partial charge in [0.25, 0.3) is 0 Å². The Kier molecular flexibility index (Phi) is 5.49. The molecule has 0 spiro atoms. The van der Waals surface area contributed by atoms with Gasteiger partial charge in [-0.05, 0) is 32.2 Å². The number of nitrogens with one attached hydrogen (secondary N) is 2. The summed E-state index contributed by atoms with van der Waals surface area (Å²) in [5, 5.41) is 6.40. The highest BCUT2D eigenvalue weighted by Gasteiger charge is 2.31. The summed E-state index contributed by atoms with van der Waals surface area (Å²) in [6.45, 7) is 4.29. The van der Waals surface area contributed by atoms with Crippen molar-refractivity contribution < 1.29 is 9.53 Å². The Balaban J connectivity index is 1.29. The fourth-order valence-corrected chi connectivity index (χ4v) is 3.88. The summed E-state index contributed by atoms with van der Waals surface area (Å²) >= 11 is 0. The lowest BCUT2D eigenvalue weighted by atomic mass is 9.95.